The number of ether oxygens (including phenoxy) is 1. The average Bonchev–Trinajstić information content (AvgIpc) is 3.15. The third-order valence-corrected chi connectivity index (χ3v) is 6.27. The number of nitrogens with zero attached hydrogens (tertiary/aromatic N) is 1. The Bertz CT molecular complexity index is 1250. The van der Waals surface area contributed by atoms with E-state index >= 15 is 0 Å². The Hall–Kier alpha value is -3.52. The number of phenols is 1. The van der Waals surface area contributed by atoms with Crippen LogP contribution in [0.1, 0.15) is 11.5 Å². The van der Waals surface area contributed by atoms with Crippen molar-refractivity contribution in [1.82, 2.24) is 4.98 Å². The Kier molecular flexibility index (Phi) is 5.33. The molecule has 0 spiro atoms. The number of hydrogen-bond donors (Lipinski definition) is 2. The Labute approximate surface area is 173 Å². The number of oxazole rings is 1. The zero-order valence-electron chi connectivity index (χ0n) is 16.2. The summed E-state index contributed by atoms with van der Waals surface area (Å²) in [5, 5.41) is 13.3. The number of hydrogen-bond acceptors (Lipinski definition) is 7. The topological polar surface area (TPSA) is 102 Å². The minimum absolute atomic E-state index is 0.0741. The summed E-state index contributed by atoms with van der Waals surface area (Å²) in [7, 11) is -2.11. The highest BCUT2D eigenvalue weighted by Crippen LogP contribution is 2.30. The van der Waals surface area contributed by atoms with Crippen molar-refractivity contribution in [2.24, 2.45) is 0 Å². The molecule has 0 fully saturated rings. The average molecular weight is 424 g/mol. The van der Waals surface area contributed by atoms with Gasteiger partial charge >= 0.3 is 0 Å². The number of phenolic OH excluding ortho intramolecular Hbond substituents is 1. The van der Waals surface area contributed by atoms with Gasteiger partial charge in [0.2, 0.25) is 5.89 Å². The normalized spacial score (nSPS) is 11.5. The molecule has 3 aromatic carbocycles. The van der Waals surface area contributed by atoms with Crippen molar-refractivity contribution < 1.29 is 22.7 Å². The number of aromatic hydroxyl groups is 1. The molecule has 0 saturated carbocycles. The Morgan fingerprint density at radius 1 is 1.03 bits per heavy atom. The number of benzene rings is 3. The molecular weight excluding hydrogens is 404 g/mol. The highest BCUT2D eigenvalue weighted by Gasteiger charge is 2.19. The molecule has 0 aliphatic heterocycles. The van der Waals surface area contributed by atoms with Gasteiger partial charge in [-0.3, -0.25) is 0 Å². The van der Waals surface area contributed by atoms with Gasteiger partial charge in [-0.2, -0.15) is 0 Å². The van der Waals surface area contributed by atoms with Crippen molar-refractivity contribution in [1.29, 1.82) is 0 Å². The molecule has 8 heteroatoms. The van der Waals surface area contributed by atoms with E-state index in [1.165, 1.54) is 19.2 Å². The van der Waals surface area contributed by atoms with E-state index in [0.29, 0.717) is 29.0 Å². The Morgan fingerprint density at radius 2 is 1.80 bits per heavy atom. The molecule has 1 heterocycles. The summed E-state index contributed by atoms with van der Waals surface area (Å²) >= 11 is 0. The molecule has 2 N–H and O–H groups in total. The predicted molar refractivity (Wildman–Crippen MR) is 113 cm³/mol. The molecule has 0 unspecified atom stereocenters. The maximum atomic E-state index is 12.7. The standard InChI is InChI=1S/C22H20N2O5S/c1-28-20-8-4-5-15(22(20)25)13-23-16-9-11-17(12-10-16)30(26,27)14-21-24-18-6-2-3-7-19(18)29-21/h2-12,23,25H,13-14H2,1H3. The molecular formula is C22H20N2O5S. The fourth-order valence-electron chi connectivity index (χ4n) is 3.08. The Balaban J connectivity index is 1.46. The number of aromatic nitrogens is 1. The number of sulfone groups is 1. The van der Waals surface area contributed by atoms with Gasteiger partial charge in [-0.1, -0.05) is 24.3 Å². The third-order valence-electron chi connectivity index (χ3n) is 4.65. The molecule has 0 aliphatic rings. The second-order valence-corrected chi connectivity index (χ2v) is 8.67. The quantitative estimate of drug-likeness (QED) is 0.460. The van der Waals surface area contributed by atoms with Crippen LogP contribution in [-0.2, 0) is 22.1 Å². The van der Waals surface area contributed by atoms with Crippen LogP contribution >= 0.6 is 0 Å². The predicted octanol–water partition coefficient (Wildman–Crippen LogP) is 4.13. The lowest BCUT2D eigenvalue weighted by Crippen LogP contribution is -2.06. The van der Waals surface area contributed by atoms with E-state index in [4.69, 9.17) is 9.15 Å². The lowest BCUT2D eigenvalue weighted by Gasteiger charge is -2.11. The van der Waals surface area contributed by atoms with Crippen molar-refractivity contribution in [3.63, 3.8) is 0 Å². The number of fused-ring (bicyclic) bond motifs is 1. The van der Waals surface area contributed by atoms with E-state index in [9.17, 15) is 13.5 Å². The summed E-state index contributed by atoms with van der Waals surface area (Å²) in [6.07, 6.45) is 0. The minimum Gasteiger partial charge on any atom is -0.504 e. The van der Waals surface area contributed by atoms with Crippen LogP contribution in [0.2, 0.25) is 0 Å². The maximum Gasteiger partial charge on any atom is 0.211 e. The van der Waals surface area contributed by atoms with Crippen LogP contribution < -0.4 is 10.1 Å². The summed E-state index contributed by atoms with van der Waals surface area (Å²) in [5.74, 6) is 0.318. The van der Waals surface area contributed by atoms with Gasteiger partial charge < -0.3 is 19.6 Å². The molecule has 4 rings (SSSR count). The van der Waals surface area contributed by atoms with Crippen molar-refractivity contribution in [3.8, 4) is 11.5 Å². The van der Waals surface area contributed by atoms with Gasteiger partial charge in [0, 0.05) is 17.8 Å². The summed E-state index contributed by atoms with van der Waals surface area (Å²) in [5.41, 5.74) is 2.58. The maximum absolute atomic E-state index is 12.7. The molecule has 1 aromatic heterocycles. The summed E-state index contributed by atoms with van der Waals surface area (Å²) in [6, 6.07) is 18.8. The molecule has 0 aliphatic carbocycles. The van der Waals surface area contributed by atoms with Crippen molar-refractivity contribution in [2.75, 3.05) is 12.4 Å². The molecule has 0 bridgehead atoms. The van der Waals surface area contributed by atoms with Gasteiger partial charge in [0.05, 0.1) is 12.0 Å². The SMILES string of the molecule is COc1cccc(CNc2ccc(S(=O)(=O)Cc3nc4ccccc4o3)cc2)c1O. The van der Waals surface area contributed by atoms with Crippen LogP contribution in [0.15, 0.2) is 76.0 Å². The van der Waals surface area contributed by atoms with Crippen molar-refractivity contribution >= 4 is 26.6 Å². The first kappa shape index (κ1) is 19.8. The van der Waals surface area contributed by atoms with Crippen LogP contribution in [0.4, 0.5) is 5.69 Å². The summed E-state index contributed by atoms with van der Waals surface area (Å²) in [6.45, 7) is 0.359. The number of nitrogens with one attached hydrogen (secondary N) is 1. The van der Waals surface area contributed by atoms with Crippen LogP contribution in [0.3, 0.4) is 0 Å². The molecule has 0 atom stereocenters. The molecule has 0 radical (unpaired) electrons. The zero-order chi connectivity index (χ0) is 21.1. The van der Waals surface area contributed by atoms with E-state index in [0.717, 1.165) is 5.69 Å². The lowest BCUT2D eigenvalue weighted by molar-refractivity contribution is 0.371. The minimum atomic E-state index is -3.60. The first-order valence-corrected chi connectivity index (χ1v) is 10.9. The van der Waals surface area contributed by atoms with E-state index < -0.39 is 9.84 Å². The van der Waals surface area contributed by atoms with Gasteiger partial charge in [-0.05, 0) is 42.5 Å². The molecule has 0 amide bonds. The van der Waals surface area contributed by atoms with Gasteiger partial charge in [-0.25, -0.2) is 13.4 Å². The van der Waals surface area contributed by atoms with Gasteiger partial charge in [-0.15, -0.1) is 0 Å². The van der Waals surface area contributed by atoms with E-state index in [-0.39, 0.29) is 22.3 Å². The van der Waals surface area contributed by atoms with E-state index in [2.05, 4.69) is 10.3 Å². The number of methoxy groups -OCH3 is 1. The monoisotopic (exact) mass is 424 g/mol. The van der Waals surface area contributed by atoms with Gasteiger partial charge in [0.25, 0.3) is 0 Å². The highest BCUT2D eigenvalue weighted by molar-refractivity contribution is 7.90. The van der Waals surface area contributed by atoms with Crippen molar-refractivity contribution in [3.05, 3.63) is 78.2 Å². The molecule has 7 nitrogen and oxygen atoms in total. The van der Waals surface area contributed by atoms with Gasteiger partial charge in [0.1, 0.15) is 11.3 Å². The summed E-state index contributed by atoms with van der Waals surface area (Å²) in [4.78, 5) is 4.41. The van der Waals surface area contributed by atoms with E-state index in [1.54, 1.807) is 42.5 Å². The second-order valence-electron chi connectivity index (χ2n) is 6.68. The number of anilines is 1. The fourth-order valence-corrected chi connectivity index (χ4v) is 4.25. The molecule has 4 aromatic rings. The first-order valence-electron chi connectivity index (χ1n) is 9.22. The van der Waals surface area contributed by atoms with Crippen LogP contribution in [0, 0.1) is 0 Å². The van der Waals surface area contributed by atoms with Crippen LogP contribution in [0.5, 0.6) is 11.5 Å². The lowest BCUT2D eigenvalue weighted by atomic mass is 10.2. The zero-order valence-corrected chi connectivity index (χ0v) is 17.0. The van der Waals surface area contributed by atoms with Gasteiger partial charge in [0.15, 0.2) is 26.9 Å². The van der Waals surface area contributed by atoms with Crippen molar-refractivity contribution in [2.45, 2.75) is 17.2 Å². The first-order chi connectivity index (χ1) is 14.5. The molecule has 0 saturated heterocycles. The molecule has 30 heavy (non-hydrogen) atoms. The number of rotatable bonds is 7. The molecule has 154 valence electrons. The third kappa shape index (κ3) is 4.08. The second kappa shape index (κ2) is 8.08. The van der Waals surface area contributed by atoms with E-state index in [1.807, 2.05) is 12.1 Å². The Morgan fingerprint density at radius 3 is 2.53 bits per heavy atom. The fraction of sp³-hybridized carbons (Fsp3) is 0.136. The largest absolute Gasteiger partial charge is 0.504 e. The highest BCUT2D eigenvalue weighted by atomic mass is 32.2. The van der Waals surface area contributed by atoms with Crippen LogP contribution in [0.25, 0.3) is 11.1 Å². The number of para-hydroxylation sites is 3. The van der Waals surface area contributed by atoms with Crippen LogP contribution in [-0.4, -0.2) is 25.6 Å². The smallest absolute Gasteiger partial charge is 0.211 e. The summed E-state index contributed by atoms with van der Waals surface area (Å²) < 4.78 is 36.1.